The standard InChI is InChI=1S/C11H11Br2NO3/c1-3-4-5-17-10-7(12)6-8(13)14-9(10)11(15)16-2/h3,6H,1,4-5H2,2H3. The molecule has 0 atom stereocenters. The molecule has 0 saturated carbocycles. The smallest absolute Gasteiger partial charge is 0.360 e. The van der Waals surface area contributed by atoms with E-state index < -0.39 is 5.97 Å². The molecular formula is C11H11Br2NO3. The molecule has 1 aromatic rings. The van der Waals surface area contributed by atoms with Crippen LogP contribution in [0.1, 0.15) is 16.9 Å². The molecule has 6 heteroatoms. The van der Waals surface area contributed by atoms with Gasteiger partial charge < -0.3 is 9.47 Å². The topological polar surface area (TPSA) is 48.4 Å². The van der Waals surface area contributed by atoms with E-state index in [4.69, 9.17) is 4.74 Å². The fraction of sp³-hybridized carbons (Fsp3) is 0.273. The second-order valence-electron chi connectivity index (χ2n) is 3.02. The molecule has 1 heterocycles. The normalized spacial score (nSPS) is 9.82. The Morgan fingerprint density at radius 2 is 2.29 bits per heavy atom. The van der Waals surface area contributed by atoms with Crippen molar-refractivity contribution in [3.8, 4) is 5.75 Å². The predicted octanol–water partition coefficient (Wildman–Crippen LogP) is 3.35. The molecule has 0 radical (unpaired) electrons. The Hall–Kier alpha value is -0.880. The van der Waals surface area contributed by atoms with Gasteiger partial charge >= 0.3 is 5.97 Å². The highest BCUT2D eigenvalue weighted by molar-refractivity contribution is 9.11. The van der Waals surface area contributed by atoms with Crippen molar-refractivity contribution in [3.63, 3.8) is 0 Å². The van der Waals surface area contributed by atoms with E-state index in [1.807, 2.05) is 0 Å². The molecule has 0 aliphatic rings. The van der Waals surface area contributed by atoms with E-state index in [0.717, 1.165) is 0 Å². The van der Waals surface area contributed by atoms with Crippen molar-refractivity contribution >= 4 is 37.8 Å². The maximum Gasteiger partial charge on any atom is 0.360 e. The number of pyridine rings is 1. The lowest BCUT2D eigenvalue weighted by atomic mass is 10.3. The molecule has 0 fully saturated rings. The van der Waals surface area contributed by atoms with Crippen LogP contribution >= 0.6 is 31.9 Å². The molecule has 1 rings (SSSR count). The summed E-state index contributed by atoms with van der Waals surface area (Å²) in [6, 6.07) is 1.70. The number of halogens is 2. The minimum atomic E-state index is -0.541. The van der Waals surface area contributed by atoms with Gasteiger partial charge in [0.25, 0.3) is 0 Å². The van der Waals surface area contributed by atoms with Gasteiger partial charge in [-0.1, -0.05) is 6.08 Å². The number of nitrogens with zero attached hydrogens (tertiary/aromatic N) is 1. The van der Waals surface area contributed by atoms with Crippen molar-refractivity contribution in [1.29, 1.82) is 0 Å². The van der Waals surface area contributed by atoms with Gasteiger partial charge in [0.15, 0.2) is 11.4 Å². The molecule has 0 aromatic carbocycles. The summed E-state index contributed by atoms with van der Waals surface area (Å²) >= 11 is 6.52. The Bertz CT molecular complexity index is 435. The molecule has 4 nitrogen and oxygen atoms in total. The maximum atomic E-state index is 11.5. The number of ether oxygens (including phenoxy) is 2. The first-order valence-corrected chi connectivity index (χ1v) is 6.36. The van der Waals surface area contributed by atoms with Crippen LogP contribution < -0.4 is 4.74 Å². The van der Waals surface area contributed by atoms with Crippen molar-refractivity contribution in [2.24, 2.45) is 0 Å². The molecule has 0 aliphatic carbocycles. The van der Waals surface area contributed by atoms with Crippen LogP contribution in [0.5, 0.6) is 5.75 Å². The Kier molecular flexibility index (Phi) is 5.64. The van der Waals surface area contributed by atoms with E-state index in [1.165, 1.54) is 7.11 Å². The molecule has 0 saturated heterocycles. The minimum Gasteiger partial charge on any atom is -0.490 e. The fourth-order valence-electron chi connectivity index (χ4n) is 1.09. The maximum absolute atomic E-state index is 11.5. The zero-order valence-electron chi connectivity index (χ0n) is 9.20. The Labute approximate surface area is 116 Å². The van der Waals surface area contributed by atoms with E-state index in [0.29, 0.717) is 27.9 Å². The Morgan fingerprint density at radius 1 is 1.59 bits per heavy atom. The molecule has 0 amide bonds. The van der Waals surface area contributed by atoms with Crippen molar-refractivity contribution in [2.45, 2.75) is 6.42 Å². The minimum absolute atomic E-state index is 0.137. The van der Waals surface area contributed by atoms with Gasteiger partial charge in [-0.05, 0) is 44.3 Å². The van der Waals surface area contributed by atoms with Gasteiger partial charge in [0.2, 0.25) is 0 Å². The zero-order valence-corrected chi connectivity index (χ0v) is 12.4. The number of carbonyl (C=O) groups is 1. The van der Waals surface area contributed by atoms with Crippen molar-refractivity contribution in [3.05, 3.63) is 33.5 Å². The number of methoxy groups -OCH3 is 1. The lowest BCUT2D eigenvalue weighted by molar-refractivity contribution is 0.0588. The molecular weight excluding hydrogens is 354 g/mol. The number of esters is 1. The summed E-state index contributed by atoms with van der Waals surface area (Å²) < 4.78 is 11.3. The van der Waals surface area contributed by atoms with Gasteiger partial charge in [-0.25, -0.2) is 9.78 Å². The first kappa shape index (κ1) is 14.2. The van der Waals surface area contributed by atoms with Crippen LogP contribution in [-0.2, 0) is 4.74 Å². The Balaban J connectivity index is 3.06. The van der Waals surface area contributed by atoms with Crippen LogP contribution in [0.15, 0.2) is 27.8 Å². The van der Waals surface area contributed by atoms with Crippen molar-refractivity contribution < 1.29 is 14.3 Å². The van der Waals surface area contributed by atoms with Crippen LogP contribution in [0.2, 0.25) is 0 Å². The molecule has 0 aliphatic heterocycles. The fourth-order valence-corrected chi connectivity index (χ4v) is 2.32. The van der Waals surface area contributed by atoms with Crippen LogP contribution in [0.4, 0.5) is 0 Å². The van der Waals surface area contributed by atoms with Gasteiger partial charge in [-0.3, -0.25) is 0 Å². The molecule has 0 bridgehead atoms. The zero-order chi connectivity index (χ0) is 12.8. The third-order valence-electron chi connectivity index (χ3n) is 1.84. The second kappa shape index (κ2) is 6.76. The van der Waals surface area contributed by atoms with Crippen molar-refractivity contribution in [2.75, 3.05) is 13.7 Å². The average Bonchev–Trinajstić information content (AvgIpc) is 2.30. The number of rotatable bonds is 5. The van der Waals surface area contributed by atoms with Gasteiger partial charge in [-0.2, -0.15) is 0 Å². The SMILES string of the molecule is C=CCCOc1c(Br)cc(Br)nc1C(=O)OC. The first-order valence-electron chi connectivity index (χ1n) is 4.78. The van der Waals surface area contributed by atoms with Crippen LogP contribution in [0.25, 0.3) is 0 Å². The lowest BCUT2D eigenvalue weighted by Gasteiger charge is -2.11. The largest absolute Gasteiger partial charge is 0.490 e. The molecule has 0 N–H and O–H groups in total. The average molecular weight is 365 g/mol. The van der Waals surface area contributed by atoms with Gasteiger partial charge in [0, 0.05) is 0 Å². The number of hydrogen-bond acceptors (Lipinski definition) is 4. The summed E-state index contributed by atoms with van der Waals surface area (Å²) in [4.78, 5) is 15.6. The quantitative estimate of drug-likeness (QED) is 0.348. The summed E-state index contributed by atoms with van der Waals surface area (Å²) in [5.74, 6) is -0.164. The summed E-state index contributed by atoms with van der Waals surface area (Å²) in [7, 11) is 1.30. The number of carbonyl (C=O) groups excluding carboxylic acids is 1. The highest BCUT2D eigenvalue weighted by Crippen LogP contribution is 2.31. The Morgan fingerprint density at radius 3 is 2.88 bits per heavy atom. The van der Waals surface area contributed by atoms with Gasteiger partial charge in [-0.15, -0.1) is 6.58 Å². The third-order valence-corrected chi connectivity index (χ3v) is 2.84. The van der Waals surface area contributed by atoms with E-state index in [2.05, 4.69) is 48.2 Å². The lowest BCUT2D eigenvalue weighted by Crippen LogP contribution is -2.09. The highest BCUT2D eigenvalue weighted by atomic mass is 79.9. The van der Waals surface area contributed by atoms with Gasteiger partial charge in [0.05, 0.1) is 18.2 Å². The summed E-state index contributed by atoms with van der Waals surface area (Å²) in [6.07, 6.45) is 2.42. The molecule has 0 unspecified atom stereocenters. The monoisotopic (exact) mass is 363 g/mol. The van der Waals surface area contributed by atoms with Crippen LogP contribution in [0.3, 0.4) is 0 Å². The number of aromatic nitrogens is 1. The first-order chi connectivity index (χ1) is 8.10. The summed E-state index contributed by atoms with van der Waals surface area (Å²) in [5, 5.41) is 0. The summed E-state index contributed by atoms with van der Waals surface area (Å²) in [6.45, 7) is 4.02. The van der Waals surface area contributed by atoms with Crippen molar-refractivity contribution in [1.82, 2.24) is 4.98 Å². The molecule has 92 valence electrons. The summed E-state index contributed by atoms with van der Waals surface area (Å²) in [5.41, 5.74) is 0.137. The van der Waals surface area contributed by atoms with Gasteiger partial charge in [0.1, 0.15) is 4.60 Å². The predicted molar refractivity (Wildman–Crippen MR) is 71.3 cm³/mol. The molecule has 0 spiro atoms. The van der Waals surface area contributed by atoms with E-state index >= 15 is 0 Å². The number of hydrogen-bond donors (Lipinski definition) is 0. The second-order valence-corrected chi connectivity index (χ2v) is 4.69. The van der Waals surface area contributed by atoms with E-state index in [-0.39, 0.29) is 5.69 Å². The van der Waals surface area contributed by atoms with E-state index in [1.54, 1.807) is 12.1 Å². The molecule has 17 heavy (non-hydrogen) atoms. The molecule has 1 aromatic heterocycles. The third kappa shape index (κ3) is 3.81. The highest BCUT2D eigenvalue weighted by Gasteiger charge is 2.19. The van der Waals surface area contributed by atoms with E-state index in [9.17, 15) is 4.79 Å². The van der Waals surface area contributed by atoms with Crippen LogP contribution in [-0.4, -0.2) is 24.7 Å². The van der Waals surface area contributed by atoms with Crippen LogP contribution in [0, 0.1) is 0 Å².